The molecule has 0 unspecified atom stereocenters. The minimum absolute atomic E-state index is 0. The number of unbranched alkanes of at least 4 members (excludes halogenated alkanes) is 1. The third-order valence-corrected chi connectivity index (χ3v) is 4.04. The van der Waals surface area contributed by atoms with E-state index in [0.717, 1.165) is 49.9 Å². The molecule has 0 radical (unpaired) electrons. The van der Waals surface area contributed by atoms with Gasteiger partial charge in [0.15, 0.2) is 5.96 Å². The first-order chi connectivity index (χ1) is 14.3. The minimum atomic E-state index is 0. The molecule has 0 fully saturated rings. The fourth-order valence-corrected chi connectivity index (χ4v) is 2.51. The van der Waals surface area contributed by atoms with E-state index in [0.29, 0.717) is 25.6 Å². The van der Waals surface area contributed by atoms with Crippen LogP contribution in [0.3, 0.4) is 0 Å². The molecule has 2 N–H and O–H groups in total. The average molecular weight is 528 g/mol. The maximum Gasteiger partial charge on any atom is 0.213 e. The molecule has 2 aromatic rings. The van der Waals surface area contributed by atoms with E-state index in [4.69, 9.17) is 14.2 Å². The zero-order chi connectivity index (χ0) is 20.6. The molecule has 0 aliphatic carbocycles. The Bertz CT molecular complexity index is 699. The Balaban J connectivity index is 0.00000450. The maximum absolute atomic E-state index is 5.62. The highest BCUT2D eigenvalue weighted by atomic mass is 127. The van der Waals surface area contributed by atoms with Gasteiger partial charge in [0.25, 0.3) is 0 Å². The molecule has 0 aliphatic heterocycles. The predicted molar refractivity (Wildman–Crippen MR) is 131 cm³/mol. The second-order valence-corrected chi connectivity index (χ2v) is 6.27. The number of aliphatic imine (C=N–C) groups is 1. The van der Waals surface area contributed by atoms with E-state index < -0.39 is 0 Å². The summed E-state index contributed by atoms with van der Waals surface area (Å²) >= 11 is 0. The van der Waals surface area contributed by atoms with Crippen LogP contribution in [-0.2, 0) is 11.3 Å². The van der Waals surface area contributed by atoms with Crippen molar-refractivity contribution in [1.29, 1.82) is 0 Å². The fourth-order valence-electron chi connectivity index (χ4n) is 2.51. The molecule has 0 spiro atoms. The van der Waals surface area contributed by atoms with Gasteiger partial charge in [-0.2, -0.15) is 0 Å². The largest absolute Gasteiger partial charge is 0.490 e. The Morgan fingerprint density at radius 2 is 1.77 bits per heavy atom. The number of nitrogens with one attached hydrogen (secondary N) is 2. The summed E-state index contributed by atoms with van der Waals surface area (Å²) in [6, 6.07) is 13.5. The summed E-state index contributed by atoms with van der Waals surface area (Å²) in [6.45, 7) is 6.02. The highest BCUT2D eigenvalue weighted by Crippen LogP contribution is 2.09. The molecule has 2 rings (SSSR count). The molecule has 0 saturated heterocycles. The minimum Gasteiger partial charge on any atom is -0.490 e. The van der Waals surface area contributed by atoms with Crippen LogP contribution in [0.1, 0.15) is 25.3 Å². The van der Waals surface area contributed by atoms with Crippen LogP contribution in [0.4, 0.5) is 0 Å². The number of para-hydroxylation sites is 1. The summed E-state index contributed by atoms with van der Waals surface area (Å²) in [6.07, 6.45) is 3.89. The van der Waals surface area contributed by atoms with Crippen molar-refractivity contribution in [2.45, 2.75) is 26.3 Å². The molecule has 0 aliphatic rings. The van der Waals surface area contributed by atoms with Crippen molar-refractivity contribution < 1.29 is 14.2 Å². The van der Waals surface area contributed by atoms with Crippen molar-refractivity contribution >= 4 is 29.9 Å². The van der Waals surface area contributed by atoms with E-state index in [1.165, 1.54) is 0 Å². The summed E-state index contributed by atoms with van der Waals surface area (Å²) in [5.74, 6) is 2.20. The second kappa shape index (κ2) is 16.7. The number of halogens is 1. The topological polar surface area (TPSA) is 77.0 Å². The lowest BCUT2D eigenvalue weighted by Gasteiger charge is -2.12. The van der Waals surface area contributed by atoms with Crippen molar-refractivity contribution in [2.75, 3.05) is 40.0 Å². The van der Waals surface area contributed by atoms with Crippen LogP contribution in [0.25, 0.3) is 0 Å². The fraction of sp³-hybridized carbons (Fsp3) is 0.455. The van der Waals surface area contributed by atoms with Gasteiger partial charge >= 0.3 is 0 Å². The first kappa shape index (κ1) is 26.0. The van der Waals surface area contributed by atoms with Gasteiger partial charge in [-0.3, -0.25) is 4.99 Å². The van der Waals surface area contributed by atoms with Crippen LogP contribution in [0.15, 0.2) is 53.7 Å². The van der Waals surface area contributed by atoms with Crippen LogP contribution in [0, 0.1) is 0 Å². The molecule has 30 heavy (non-hydrogen) atoms. The Kier molecular flexibility index (Phi) is 14.5. The van der Waals surface area contributed by atoms with Crippen molar-refractivity contribution in [3.05, 3.63) is 54.2 Å². The number of benzene rings is 1. The molecule has 7 nitrogen and oxygen atoms in total. The first-order valence-corrected chi connectivity index (χ1v) is 10.1. The molecular formula is C22H33IN4O3. The maximum atomic E-state index is 5.62. The van der Waals surface area contributed by atoms with Crippen molar-refractivity contribution in [1.82, 2.24) is 15.6 Å². The summed E-state index contributed by atoms with van der Waals surface area (Å²) in [7, 11) is 1.77. The summed E-state index contributed by atoms with van der Waals surface area (Å²) < 4.78 is 16.6. The normalized spacial score (nSPS) is 10.8. The first-order valence-electron chi connectivity index (χ1n) is 10.1. The van der Waals surface area contributed by atoms with Gasteiger partial charge < -0.3 is 24.8 Å². The molecule has 0 bridgehead atoms. The van der Waals surface area contributed by atoms with E-state index in [-0.39, 0.29) is 24.0 Å². The van der Waals surface area contributed by atoms with Gasteiger partial charge in [-0.15, -0.1) is 24.0 Å². The molecule has 8 heteroatoms. The van der Waals surface area contributed by atoms with Gasteiger partial charge in [0.2, 0.25) is 5.88 Å². The van der Waals surface area contributed by atoms with Gasteiger partial charge in [-0.25, -0.2) is 4.98 Å². The van der Waals surface area contributed by atoms with Gasteiger partial charge in [-0.1, -0.05) is 24.3 Å². The van der Waals surface area contributed by atoms with Crippen LogP contribution >= 0.6 is 24.0 Å². The van der Waals surface area contributed by atoms with Crippen molar-refractivity contribution in [3.8, 4) is 11.6 Å². The molecule has 1 aromatic heterocycles. The number of ether oxygens (including phenoxy) is 3. The molecule has 0 amide bonds. The zero-order valence-corrected chi connectivity index (χ0v) is 20.1. The monoisotopic (exact) mass is 528 g/mol. The van der Waals surface area contributed by atoms with Crippen LogP contribution in [0.2, 0.25) is 0 Å². The third-order valence-electron chi connectivity index (χ3n) is 4.04. The SMILES string of the molecule is CCOCCCCNC(=NC)NCc1ccc(OCCOc2ccccc2)nc1.I. The van der Waals surface area contributed by atoms with Gasteiger partial charge in [-0.05, 0) is 37.5 Å². The quantitative estimate of drug-likeness (QED) is 0.179. The molecule has 166 valence electrons. The Labute approximate surface area is 196 Å². The van der Waals surface area contributed by atoms with Crippen LogP contribution in [0.5, 0.6) is 11.6 Å². The summed E-state index contributed by atoms with van der Waals surface area (Å²) in [5, 5.41) is 6.58. The second-order valence-electron chi connectivity index (χ2n) is 6.27. The molecule has 1 aromatic carbocycles. The molecule has 0 atom stereocenters. The number of hydrogen-bond acceptors (Lipinski definition) is 5. The van der Waals surface area contributed by atoms with Gasteiger partial charge in [0.05, 0.1) is 0 Å². The van der Waals surface area contributed by atoms with Crippen molar-refractivity contribution in [3.63, 3.8) is 0 Å². The predicted octanol–water partition coefficient (Wildman–Crippen LogP) is 3.64. The van der Waals surface area contributed by atoms with Crippen LogP contribution in [-0.4, -0.2) is 51.0 Å². The molecule has 1 heterocycles. The molecular weight excluding hydrogens is 495 g/mol. The Morgan fingerprint density at radius 1 is 0.967 bits per heavy atom. The zero-order valence-electron chi connectivity index (χ0n) is 17.8. The summed E-state index contributed by atoms with van der Waals surface area (Å²) in [4.78, 5) is 8.57. The highest BCUT2D eigenvalue weighted by Gasteiger charge is 2.01. The lowest BCUT2D eigenvalue weighted by atomic mass is 10.3. The standard InChI is InChI=1S/C22H32N4O3.HI/c1-3-27-14-8-7-13-24-22(23-2)26-18-19-11-12-21(25-17-19)29-16-15-28-20-9-5-4-6-10-20;/h4-6,9-12,17H,3,7-8,13-16,18H2,1-2H3,(H2,23,24,26);1H. The lowest BCUT2D eigenvalue weighted by Crippen LogP contribution is -2.37. The third kappa shape index (κ3) is 11.2. The van der Waals surface area contributed by atoms with E-state index >= 15 is 0 Å². The number of hydrogen-bond donors (Lipinski definition) is 2. The average Bonchev–Trinajstić information content (AvgIpc) is 2.77. The van der Waals surface area contributed by atoms with E-state index in [1.807, 2.05) is 49.4 Å². The van der Waals surface area contributed by atoms with Gasteiger partial charge in [0, 0.05) is 45.6 Å². The molecule has 0 saturated carbocycles. The number of guanidine groups is 1. The number of rotatable bonds is 13. The van der Waals surface area contributed by atoms with Crippen LogP contribution < -0.4 is 20.1 Å². The number of nitrogens with zero attached hydrogens (tertiary/aromatic N) is 2. The Morgan fingerprint density at radius 3 is 2.47 bits per heavy atom. The van der Waals surface area contributed by atoms with E-state index in [1.54, 1.807) is 13.2 Å². The van der Waals surface area contributed by atoms with Gasteiger partial charge in [0.1, 0.15) is 19.0 Å². The highest BCUT2D eigenvalue weighted by molar-refractivity contribution is 14.0. The smallest absolute Gasteiger partial charge is 0.213 e. The summed E-state index contributed by atoms with van der Waals surface area (Å²) in [5.41, 5.74) is 1.05. The number of pyridine rings is 1. The lowest BCUT2D eigenvalue weighted by molar-refractivity contribution is 0.143. The number of aromatic nitrogens is 1. The van der Waals surface area contributed by atoms with E-state index in [2.05, 4.69) is 20.6 Å². The Hall–Kier alpha value is -2.07. The van der Waals surface area contributed by atoms with E-state index in [9.17, 15) is 0 Å². The van der Waals surface area contributed by atoms with Crippen molar-refractivity contribution in [2.24, 2.45) is 4.99 Å².